The molecule has 0 aromatic carbocycles. The number of nitrogens with zero attached hydrogens (tertiary/aromatic N) is 4. The third-order valence-electron chi connectivity index (χ3n) is 4.57. The van der Waals surface area contributed by atoms with Gasteiger partial charge >= 0.3 is 5.97 Å². The first-order chi connectivity index (χ1) is 14.9. The van der Waals surface area contributed by atoms with Crippen molar-refractivity contribution in [3.05, 3.63) is 38.9 Å². The van der Waals surface area contributed by atoms with Crippen LogP contribution in [0.15, 0.2) is 33.5 Å². The summed E-state index contributed by atoms with van der Waals surface area (Å²) in [5.74, 6) is -1.92. The van der Waals surface area contributed by atoms with E-state index in [0.29, 0.717) is 17.7 Å². The van der Waals surface area contributed by atoms with E-state index in [1.807, 2.05) is 0 Å². The molecule has 31 heavy (non-hydrogen) atoms. The zero-order chi connectivity index (χ0) is 22.1. The van der Waals surface area contributed by atoms with Crippen molar-refractivity contribution in [3.8, 4) is 0 Å². The van der Waals surface area contributed by atoms with Crippen LogP contribution in [0.4, 0.5) is 5.13 Å². The fourth-order valence-corrected chi connectivity index (χ4v) is 5.79. The molecule has 2 aromatic heterocycles. The van der Waals surface area contributed by atoms with Crippen LogP contribution in [0, 0.1) is 0 Å². The number of hydrogen-bond acceptors (Lipinski definition) is 11. The Bertz CT molecular complexity index is 1100. The number of carboxylic acid groups (broad SMARTS) is 1. The van der Waals surface area contributed by atoms with Gasteiger partial charge in [0.25, 0.3) is 11.8 Å². The summed E-state index contributed by atoms with van der Waals surface area (Å²) in [5, 5.41) is 17.3. The second kappa shape index (κ2) is 8.64. The van der Waals surface area contributed by atoms with E-state index >= 15 is 0 Å². The van der Waals surface area contributed by atoms with Gasteiger partial charge in [0.05, 0.1) is 5.51 Å². The number of aromatic nitrogens is 2. The van der Waals surface area contributed by atoms with E-state index in [1.165, 1.54) is 35.1 Å². The van der Waals surface area contributed by atoms with Gasteiger partial charge in [-0.1, -0.05) is 5.16 Å². The lowest BCUT2D eigenvalue weighted by Gasteiger charge is -2.49. The normalized spacial score (nSPS) is 20.9. The number of nitrogens with two attached hydrogens (primary N) is 1. The molecule has 4 N–H and O–H groups in total. The maximum Gasteiger partial charge on any atom is 0.352 e. The molecule has 0 radical (unpaired) electrons. The zero-order valence-electron chi connectivity index (χ0n) is 16.0. The van der Waals surface area contributed by atoms with Gasteiger partial charge in [-0.15, -0.1) is 34.4 Å². The van der Waals surface area contributed by atoms with Crippen LogP contribution in [0.25, 0.3) is 0 Å². The van der Waals surface area contributed by atoms with Crippen LogP contribution in [0.3, 0.4) is 0 Å². The van der Waals surface area contributed by atoms with Gasteiger partial charge < -0.3 is 21.0 Å². The summed E-state index contributed by atoms with van der Waals surface area (Å²) < 4.78 is 0. The van der Waals surface area contributed by atoms with Gasteiger partial charge in [-0.3, -0.25) is 19.5 Å². The van der Waals surface area contributed by atoms with Crippen LogP contribution in [0.5, 0.6) is 0 Å². The molecule has 2 aromatic rings. The molecule has 11 nitrogen and oxygen atoms in total. The molecule has 2 unspecified atom stereocenters. The Labute approximate surface area is 188 Å². The first-order valence-corrected chi connectivity index (χ1v) is 11.6. The zero-order valence-corrected chi connectivity index (χ0v) is 18.4. The molecular weight excluding hydrogens is 464 g/mol. The molecule has 0 aliphatic carbocycles. The van der Waals surface area contributed by atoms with Crippen LogP contribution in [0.2, 0.25) is 0 Å². The lowest BCUT2D eigenvalue weighted by Crippen LogP contribution is -2.71. The molecule has 1 saturated heterocycles. The highest BCUT2D eigenvalue weighted by Crippen LogP contribution is 2.41. The van der Waals surface area contributed by atoms with Crippen molar-refractivity contribution in [1.29, 1.82) is 0 Å². The molecule has 162 valence electrons. The number of nitrogens with one attached hydrogen (secondary N) is 1. The van der Waals surface area contributed by atoms with Gasteiger partial charge in [-0.05, 0) is 5.57 Å². The number of amides is 2. The van der Waals surface area contributed by atoms with Gasteiger partial charge in [-0.25, -0.2) is 9.78 Å². The number of oxime groups is 1. The van der Waals surface area contributed by atoms with Gasteiger partial charge in [0.1, 0.15) is 29.9 Å². The molecule has 2 aliphatic rings. The summed E-state index contributed by atoms with van der Waals surface area (Å²) in [5.41, 5.74) is 7.99. The Balaban J connectivity index is 1.53. The predicted molar refractivity (Wildman–Crippen MR) is 116 cm³/mol. The number of anilines is 1. The highest BCUT2D eigenvalue weighted by Gasteiger charge is 2.54. The van der Waals surface area contributed by atoms with Crippen LogP contribution < -0.4 is 11.1 Å². The van der Waals surface area contributed by atoms with Crippen LogP contribution in [-0.4, -0.2) is 67.7 Å². The summed E-state index contributed by atoms with van der Waals surface area (Å²) in [7, 11) is 1.28. The molecule has 2 amide bonds. The van der Waals surface area contributed by atoms with Gasteiger partial charge in [0.15, 0.2) is 10.8 Å². The molecule has 2 atom stereocenters. The van der Waals surface area contributed by atoms with Crippen molar-refractivity contribution in [3.63, 3.8) is 0 Å². The summed E-state index contributed by atoms with van der Waals surface area (Å²) in [6, 6.07) is -0.894. The number of β-lactam (4-membered cyclic amide) rings is 1. The fourth-order valence-electron chi connectivity index (χ4n) is 3.26. The number of thiazole rings is 2. The van der Waals surface area contributed by atoms with Crippen LogP contribution in [-0.2, 0) is 25.6 Å². The minimum atomic E-state index is -1.18. The maximum absolute atomic E-state index is 12.8. The number of fused-ring (bicyclic) bond motifs is 1. The molecule has 4 rings (SSSR count). The topological polar surface area (TPSA) is 160 Å². The quantitative estimate of drug-likeness (QED) is 0.291. The molecule has 4 heterocycles. The Morgan fingerprint density at radius 2 is 2.26 bits per heavy atom. The number of carbonyl (C=O) groups is 3. The van der Waals surface area contributed by atoms with Crippen molar-refractivity contribution in [2.75, 3.05) is 18.6 Å². The third-order valence-corrected chi connectivity index (χ3v) is 7.36. The van der Waals surface area contributed by atoms with E-state index < -0.39 is 29.2 Å². The smallest absolute Gasteiger partial charge is 0.352 e. The monoisotopic (exact) mass is 480 g/mol. The summed E-state index contributed by atoms with van der Waals surface area (Å²) >= 11 is 3.95. The molecule has 1 fully saturated rings. The lowest BCUT2D eigenvalue weighted by molar-refractivity contribution is -0.150. The Hall–Kier alpha value is -2.97. The number of carboxylic acids is 1. The van der Waals surface area contributed by atoms with Crippen LogP contribution in [0.1, 0.15) is 10.6 Å². The second-order valence-corrected chi connectivity index (χ2v) is 9.42. The molecule has 0 bridgehead atoms. The Morgan fingerprint density at radius 1 is 1.45 bits per heavy atom. The van der Waals surface area contributed by atoms with Crippen molar-refractivity contribution in [1.82, 2.24) is 20.2 Å². The SMILES string of the molecule is CO/N=C(\C(=O)NC1C(=O)N2C(C(=O)O)=C(Cc3cncs3)CSC12)c1csc(N)n1. The highest BCUT2D eigenvalue weighted by atomic mass is 32.2. The van der Waals surface area contributed by atoms with Crippen molar-refractivity contribution >= 4 is 63.1 Å². The van der Waals surface area contributed by atoms with Gasteiger partial charge in [-0.2, -0.15) is 0 Å². The van der Waals surface area contributed by atoms with E-state index in [1.54, 1.807) is 17.1 Å². The lowest BCUT2D eigenvalue weighted by atomic mass is 10.0. The first-order valence-electron chi connectivity index (χ1n) is 8.81. The standard InChI is InChI=1S/C17H16N6O5S3/c1-28-22-10(9-5-30-17(18)20-9)13(24)21-11-14(25)23-12(16(26)27)7(4-29-15(11)23)2-8-3-19-6-31-8/h3,5-6,11,15H,2,4H2,1H3,(H2,18,20)(H,21,24)(H,26,27)/b22-10-. The number of aliphatic carboxylic acids is 1. The maximum atomic E-state index is 12.8. The van der Waals surface area contributed by atoms with E-state index in [9.17, 15) is 19.5 Å². The van der Waals surface area contributed by atoms with Gasteiger partial charge in [0.2, 0.25) is 0 Å². The van der Waals surface area contributed by atoms with Gasteiger partial charge in [0, 0.05) is 28.6 Å². The Kier molecular flexibility index (Phi) is 5.93. The molecule has 0 spiro atoms. The third kappa shape index (κ3) is 4.00. The number of nitrogen functional groups attached to an aromatic ring is 1. The van der Waals surface area contributed by atoms with Crippen LogP contribution >= 0.6 is 34.4 Å². The van der Waals surface area contributed by atoms with E-state index in [-0.39, 0.29) is 22.2 Å². The van der Waals surface area contributed by atoms with Crippen molar-refractivity contribution in [2.24, 2.45) is 5.16 Å². The number of thioether (sulfide) groups is 1. The first kappa shape index (κ1) is 21.3. The van der Waals surface area contributed by atoms with Crippen molar-refractivity contribution < 1.29 is 24.3 Å². The molecule has 2 aliphatic heterocycles. The fraction of sp³-hybridized carbons (Fsp3) is 0.294. The summed E-state index contributed by atoms with van der Waals surface area (Å²) in [4.78, 5) is 52.4. The minimum absolute atomic E-state index is 0.0364. The summed E-state index contributed by atoms with van der Waals surface area (Å²) in [6.45, 7) is 0. The van der Waals surface area contributed by atoms with Crippen molar-refractivity contribution in [2.45, 2.75) is 17.8 Å². The Morgan fingerprint density at radius 3 is 2.87 bits per heavy atom. The average Bonchev–Trinajstić information content (AvgIpc) is 3.41. The summed E-state index contributed by atoms with van der Waals surface area (Å²) in [6.07, 6.45) is 2.08. The number of rotatable bonds is 7. The molecular formula is C17H16N6O5S3. The predicted octanol–water partition coefficient (Wildman–Crippen LogP) is 0.514. The number of carbonyl (C=O) groups excluding carboxylic acids is 2. The molecule has 0 saturated carbocycles. The van der Waals surface area contributed by atoms with E-state index in [0.717, 1.165) is 16.2 Å². The molecule has 14 heteroatoms. The largest absolute Gasteiger partial charge is 0.477 e. The average molecular weight is 481 g/mol. The second-order valence-electron chi connectivity index (χ2n) is 6.46. The number of hydrogen-bond donors (Lipinski definition) is 3. The minimum Gasteiger partial charge on any atom is -0.477 e. The van der Waals surface area contributed by atoms with E-state index in [4.69, 9.17) is 10.6 Å². The van der Waals surface area contributed by atoms with E-state index in [2.05, 4.69) is 20.4 Å². The highest BCUT2D eigenvalue weighted by molar-refractivity contribution is 8.00.